The Bertz CT molecular complexity index is 137. The van der Waals surface area contributed by atoms with Crippen molar-refractivity contribution in [3.63, 3.8) is 0 Å². The lowest BCUT2D eigenvalue weighted by molar-refractivity contribution is -0.0543. The van der Waals surface area contributed by atoms with Crippen LogP contribution in [0.15, 0.2) is 0 Å². The van der Waals surface area contributed by atoms with Gasteiger partial charge in [0.2, 0.25) is 0 Å². The first kappa shape index (κ1) is 12.1. The molecule has 74 valence electrons. The summed E-state index contributed by atoms with van der Waals surface area (Å²) in [5.74, 6) is -0.473. The van der Waals surface area contributed by atoms with Crippen LogP contribution in [0.3, 0.4) is 0 Å². The zero-order valence-electron chi connectivity index (χ0n) is 6.90. The summed E-state index contributed by atoms with van der Waals surface area (Å²) in [6, 6.07) is 0. The van der Waals surface area contributed by atoms with E-state index in [-0.39, 0.29) is 12.4 Å². The molecule has 1 aliphatic rings. The molecule has 3 nitrogen and oxygen atoms in total. The summed E-state index contributed by atoms with van der Waals surface area (Å²) < 4.78 is 12.7. The lowest BCUT2D eigenvalue weighted by atomic mass is 9.91. The Hall–Kier alpha value is 0.1000. The van der Waals surface area contributed by atoms with Gasteiger partial charge in [0.25, 0.3) is 0 Å². The Morgan fingerprint density at radius 1 is 1.42 bits per heavy atom. The molecule has 0 aliphatic carbocycles. The summed E-state index contributed by atoms with van der Waals surface area (Å²) in [5, 5.41) is 21.2. The van der Waals surface area contributed by atoms with Crippen molar-refractivity contribution >= 4 is 12.4 Å². The van der Waals surface area contributed by atoms with E-state index in [0.717, 1.165) is 0 Å². The lowest BCUT2D eigenvalue weighted by Crippen LogP contribution is -2.52. The second-order valence-corrected chi connectivity index (χ2v) is 3.06. The van der Waals surface area contributed by atoms with Crippen LogP contribution in [0.2, 0.25) is 0 Å². The van der Waals surface area contributed by atoms with Crippen molar-refractivity contribution in [2.45, 2.75) is 25.3 Å². The van der Waals surface area contributed by atoms with Crippen LogP contribution in [0.4, 0.5) is 4.39 Å². The molecule has 5 heteroatoms. The summed E-state index contributed by atoms with van der Waals surface area (Å²) in [6.45, 7) is 2.19. The standard InChI is InChI=1S/C7H14FNO2.ClH/c1-4(8)5-2-9-3-6(10)7(5)11;/h4-7,9-11H,2-3H2,1H3;1H/t4?,5-,6+,7+;/m0./s1. The van der Waals surface area contributed by atoms with Crippen molar-refractivity contribution in [2.24, 2.45) is 5.92 Å². The maximum atomic E-state index is 12.7. The minimum atomic E-state index is -1.08. The highest BCUT2D eigenvalue weighted by Crippen LogP contribution is 2.17. The molecule has 12 heavy (non-hydrogen) atoms. The van der Waals surface area contributed by atoms with Crippen LogP contribution in [0.5, 0.6) is 0 Å². The van der Waals surface area contributed by atoms with Gasteiger partial charge in [-0.2, -0.15) is 0 Å². The molecule has 0 aromatic carbocycles. The van der Waals surface area contributed by atoms with Gasteiger partial charge in [-0.1, -0.05) is 0 Å². The number of piperidine rings is 1. The van der Waals surface area contributed by atoms with Gasteiger partial charge in [-0.3, -0.25) is 0 Å². The quantitative estimate of drug-likeness (QED) is 0.544. The molecule has 0 amide bonds. The third-order valence-corrected chi connectivity index (χ3v) is 2.16. The molecule has 4 atom stereocenters. The fourth-order valence-electron chi connectivity index (χ4n) is 1.36. The van der Waals surface area contributed by atoms with E-state index in [1.165, 1.54) is 6.92 Å². The van der Waals surface area contributed by atoms with Gasteiger partial charge in [0.1, 0.15) is 6.17 Å². The average Bonchev–Trinajstić information content (AvgIpc) is 1.94. The van der Waals surface area contributed by atoms with Gasteiger partial charge in [0.05, 0.1) is 12.2 Å². The van der Waals surface area contributed by atoms with Crippen molar-refractivity contribution in [2.75, 3.05) is 13.1 Å². The van der Waals surface area contributed by atoms with E-state index in [1.807, 2.05) is 0 Å². The van der Waals surface area contributed by atoms with Crippen LogP contribution in [-0.2, 0) is 0 Å². The van der Waals surface area contributed by atoms with Crippen molar-refractivity contribution in [1.29, 1.82) is 0 Å². The van der Waals surface area contributed by atoms with Crippen LogP contribution in [0, 0.1) is 5.92 Å². The Labute approximate surface area is 77.4 Å². The lowest BCUT2D eigenvalue weighted by Gasteiger charge is -2.33. The number of hydrogen-bond donors (Lipinski definition) is 3. The summed E-state index contributed by atoms with van der Waals surface area (Å²) in [6.07, 6.45) is -2.82. The molecule has 1 saturated heterocycles. The monoisotopic (exact) mass is 199 g/mol. The number of rotatable bonds is 1. The molecule has 1 aliphatic heterocycles. The SMILES string of the molecule is CC(F)[C@@H]1CNC[C@@H](O)[C@@H]1O.Cl. The van der Waals surface area contributed by atoms with E-state index in [1.54, 1.807) is 0 Å². The normalized spacial score (nSPS) is 38.5. The number of aliphatic hydroxyl groups is 2. The number of β-amino-alcohol motifs (C(OH)–C–C–N with tert-alkyl or cyclic N) is 1. The van der Waals surface area contributed by atoms with Crippen molar-refractivity contribution in [1.82, 2.24) is 5.32 Å². The third kappa shape index (κ3) is 2.55. The maximum absolute atomic E-state index is 12.7. The van der Waals surface area contributed by atoms with Gasteiger partial charge in [-0.15, -0.1) is 12.4 Å². The fraction of sp³-hybridized carbons (Fsp3) is 1.00. The minimum absolute atomic E-state index is 0. The molecule has 0 bridgehead atoms. The van der Waals surface area contributed by atoms with Gasteiger partial charge >= 0.3 is 0 Å². The maximum Gasteiger partial charge on any atom is 0.104 e. The van der Waals surface area contributed by atoms with Crippen LogP contribution in [0.1, 0.15) is 6.92 Å². The van der Waals surface area contributed by atoms with Crippen LogP contribution < -0.4 is 5.32 Å². The predicted octanol–water partition coefficient (Wildman–Crippen LogP) is -0.293. The minimum Gasteiger partial charge on any atom is -0.390 e. The first-order chi connectivity index (χ1) is 5.13. The van der Waals surface area contributed by atoms with Crippen molar-refractivity contribution in [3.8, 4) is 0 Å². The molecule has 0 spiro atoms. The van der Waals surface area contributed by atoms with E-state index in [4.69, 9.17) is 5.11 Å². The Morgan fingerprint density at radius 2 is 2.00 bits per heavy atom. The van der Waals surface area contributed by atoms with E-state index in [9.17, 15) is 9.50 Å². The summed E-state index contributed by atoms with van der Waals surface area (Å²) in [7, 11) is 0. The highest BCUT2D eigenvalue weighted by atomic mass is 35.5. The number of hydrogen-bond acceptors (Lipinski definition) is 3. The molecular formula is C7H15ClFNO2. The van der Waals surface area contributed by atoms with E-state index in [2.05, 4.69) is 5.32 Å². The number of alkyl halides is 1. The summed E-state index contributed by atoms with van der Waals surface area (Å²) >= 11 is 0. The van der Waals surface area contributed by atoms with Gasteiger partial charge in [-0.25, -0.2) is 4.39 Å². The molecule has 1 heterocycles. The van der Waals surface area contributed by atoms with E-state index >= 15 is 0 Å². The first-order valence-electron chi connectivity index (χ1n) is 3.84. The largest absolute Gasteiger partial charge is 0.390 e. The molecule has 0 aromatic rings. The van der Waals surface area contributed by atoms with Crippen LogP contribution in [-0.4, -0.2) is 41.7 Å². The molecule has 3 N–H and O–H groups in total. The fourth-order valence-corrected chi connectivity index (χ4v) is 1.36. The highest BCUT2D eigenvalue weighted by molar-refractivity contribution is 5.85. The Balaban J connectivity index is 0.00000121. The van der Waals surface area contributed by atoms with Gasteiger partial charge in [-0.05, 0) is 6.92 Å². The topological polar surface area (TPSA) is 52.5 Å². The van der Waals surface area contributed by atoms with E-state index < -0.39 is 24.3 Å². The van der Waals surface area contributed by atoms with Crippen molar-refractivity contribution in [3.05, 3.63) is 0 Å². The smallest absolute Gasteiger partial charge is 0.104 e. The van der Waals surface area contributed by atoms with Crippen LogP contribution >= 0.6 is 12.4 Å². The zero-order chi connectivity index (χ0) is 8.43. The Morgan fingerprint density at radius 3 is 2.42 bits per heavy atom. The van der Waals surface area contributed by atoms with Gasteiger partial charge in [0.15, 0.2) is 0 Å². The van der Waals surface area contributed by atoms with Crippen molar-refractivity contribution < 1.29 is 14.6 Å². The Kier molecular flexibility index (Phi) is 5.01. The highest BCUT2D eigenvalue weighted by Gasteiger charge is 2.33. The summed E-state index contributed by atoms with van der Waals surface area (Å²) in [5.41, 5.74) is 0. The second-order valence-electron chi connectivity index (χ2n) is 3.06. The number of aliphatic hydroxyl groups excluding tert-OH is 2. The second kappa shape index (κ2) is 4.97. The first-order valence-corrected chi connectivity index (χ1v) is 3.84. The predicted molar refractivity (Wildman–Crippen MR) is 46.2 cm³/mol. The molecular weight excluding hydrogens is 185 g/mol. The number of halogens is 2. The third-order valence-electron chi connectivity index (χ3n) is 2.16. The van der Waals surface area contributed by atoms with Crippen LogP contribution in [0.25, 0.3) is 0 Å². The van der Waals surface area contributed by atoms with Gasteiger partial charge < -0.3 is 15.5 Å². The number of nitrogens with one attached hydrogen (secondary N) is 1. The van der Waals surface area contributed by atoms with E-state index in [0.29, 0.717) is 13.1 Å². The zero-order valence-corrected chi connectivity index (χ0v) is 7.72. The molecule has 0 radical (unpaired) electrons. The average molecular weight is 200 g/mol. The molecule has 1 unspecified atom stereocenters. The molecule has 0 saturated carbocycles. The van der Waals surface area contributed by atoms with Gasteiger partial charge in [0, 0.05) is 19.0 Å². The molecule has 1 rings (SSSR count). The molecule has 0 aromatic heterocycles. The summed E-state index contributed by atoms with van der Waals surface area (Å²) in [4.78, 5) is 0. The molecule has 1 fully saturated rings.